The highest BCUT2D eigenvalue weighted by molar-refractivity contribution is 6.09. The molecule has 1 heterocycles. The smallest absolute Gasteiger partial charge is 0.253 e. The maximum atomic E-state index is 13.4. The molecule has 0 aliphatic heterocycles. The van der Waals surface area contributed by atoms with Gasteiger partial charge >= 0.3 is 0 Å². The fourth-order valence-corrected chi connectivity index (χ4v) is 2.52. The van der Waals surface area contributed by atoms with E-state index >= 15 is 0 Å². The molecule has 1 N–H and O–H groups in total. The van der Waals surface area contributed by atoms with E-state index in [9.17, 15) is 18.4 Å². The second-order valence-corrected chi connectivity index (χ2v) is 5.40. The van der Waals surface area contributed by atoms with Gasteiger partial charge in [-0.15, -0.1) is 0 Å². The van der Waals surface area contributed by atoms with Crippen molar-refractivity contribution in [2.45, 2.75) is 13.5 Å². The van der Waals surface area contributed by atoms with Crippen molar-refractivity contribution in [2.24, 2.45) is 0 Å². The number of rotatable bonds is 3. The highest BCUT2D eigenvalue weighted by atomic mass is 19.1. The lowest BCUT2D eigenvalue weighted by molar-refractivity contribution is 0.0941. The Balaban J connectivity index is 1.89. The lowest BCUT2D eigenvalue weighted by atomic mass is 10.1. The zero-order valence-corrected chi connectivity index (χ0v) is 12.8. The minimum atomic E-state index is -0.485. The molecule has 24 heavy (non-hydrogen) atoms. The molecule has 3 aromatic rings. The van der Waals surface area contributed by atoms with Gasteiger partial charge in [-0.05, 0) is 35.9 Å². The van der Waals surface area contributed by atoms with E-state index in [4.69, 9.17) is 0 Å². The molecule has 1 aromatic heterocycles. The van der Waals surface area contributed by atoms with Crippen LogP contribution in [0.15, 0.2) is 48.7 Å². The number of carbonyl (C=O) groups excluding carboxylic acids is 2. The summed E-state index contributed by atoms with van der Waals surface area (Å²) in [7, 11) is 0. The molecule has 1 amide bonds. The molecule has 0 atom stereocenters. The van der Waals surface area contributed by atoms with Crippen LogP contribution in [0.2, 0.25) is 0 Å². The number of amides is 1. The van der Waals surface area contributed by atoms with Crippen LogP contribution in [0, 0.1) is 11.6 Å². The molecule has 0 spiro atoms. The average molecular weight is 328 g/mol. The van der Waals surface area contributed by atoms with Crippen LogP contribution in [0.3, 0.4) is 0 Å². The van der Waals surface area contributed by atoms with Crippen molar-refractivity contribution in [3.8, 4) is 0 Å². The van der Waals surface area contributed by atoms with Crippen LogP contribution in [0.25, 0.3) is 10.9 Å². The minimum absolute atomic E-state index is 0.215. The molecule has 2 aromatic carbocycles. The number of fused-ring (bicyclic) bond motifs is 1. The van der Waals surface area contributed by atoms with Crippen molar-refractivity contribution in [2.75, 3.05) is 0 Å². The first kappa shape index (κ1) is 15.9. The predicted octanol–water partition coefficient (Wildman–Crippen LogP) is 3.51. The molecular formula is C18H14F2N2O2. The number of hydrogen-bond acceptors (Lipinski definition) is 2. The van der Waals surface area contributed by atoms with Gasteiger partial charge < -0.3 is 5.32 Å². The molecule has 122 valence electrons. The number of nitrogens with one attached hydrogen (secondary N) is 1. The predicted molar refractivity (Wildman–Crippen MR) is 85.8 cm³/mol. The lowest BCUT2D eigenvalue weighted by Crippen LogP contribution is -2.22. The Labute approximate surface area is 136 Å². The van der Waals surface area contributed by atoms with E-state index in [1.165, 1.54) is 48.0 Å². The van der Waals surface area contributed by atoms with Crippen molar-refractivity contribution >= 4 is 22.7 Å². The molecule has 0 aliphatic carbocycles. The summed E-state index contributed by atoms with van der Waals surface area (Å²) in [6.07, 6.45) is 1.40. The number of halogens is 2. The molecule has 0 saturated heterocycles. The molecule has 0 aliphatic rings. The van der Waals surface area contributed by atoms with Gasteiger partial charge in [0, 0.05) is 25.1 Å². The van der Waals surface area contributed by atoms with E-state index in [0.29, 0.717) is 10.9 Å². The first-order valence-electron chi connectivity index (χ1n) is 7.30. The maximum Gasteiger partial charge on any atom is 0.253 e. The molecule has 3 rings (SSSR count). The van der Waals surface area contributed by atoms with Crippen molar-refractivity contribution in [3.05, 3.63) is 71.4 Å². The summed E-state index contributed by atoms with van der Waals surface area (Å²) in [5.41, 5.74) is 1.36. The van der Waals surface area contributed by atoms with Gasteiger partial charge in [-0.25, -0.2) is 8.78 Å². The number of benzene rings is 2. The van der Waals surface area contributed by atoms with E-state index in [-0.39, 0.29) is 23.8 Å². The van der Waals surface area contributed by atoms with E-state index in [1.807, 2.05) is 0 Å². The lowest BCUT2D eigenvalue weighted by Gasteiger charge is -2.04. The van der Waals surface area contributed by atoms with E-state index < -0.39 is 11.7 Å². The highest BCUT2D eigenvalue weighted by Crippen LogP contribution is 2.22. The molecule has 0 saturated carbocycles. The SMILES string of the molecule is CC(=O)n1cc(C(=O)NCc2ccc(F)cc2)c2ccc(F)cc21. The topological polar surface area (TPSA) is 51.1 Å². The number of carbonyl (C=O) groups is 2. The van der Waals surface area contributed by atoms with Crippen molar-refractivity contribution < 1.29 is 18.4 Å². The van der Waals surface area contributed by atoms with Gasteiger partial charge in [-0.1, -0.05) is 12.1 Å². The van der Waals surface area contributed by atoms with Gasteiger partial charge in [0.1, 0.15) is 11.6 Å². The summed E-state index contributed by atoms with van der Waals surface area (Å²) < 4.78 is 27.6. The minimum Gasteiger partial charge on any atom is -0.348 e. The standard InChI is InChI=1S/C18H14F2N2O2/c1-11(23)22-10-16(15-7-6-14(20)8-17(15)22)18(24)21-9-12-2-4-13(19)5-3-12/h2-8,10H,9H2,1H3,(H,21,24). The summed E-state index contributed by atoms with van der Waals surface area (Å²) in [5, 5.41) is 3.20. The van der Waals surface area contributed by atoms with E-state index in [0.717, 1.165) is 5.56 Å². The Morgan fingerprint density at radius 1 is 1.04 bits per heavy atom. The third-order valence-electron chi connectivity index (χ3n) is 3.72. The van der Waals surface area contributed by atoms with Gasteiger partial charge in [0.15, 0.2) is 0 Å². The highest BCUT2D eigenvalue weighted by Gasteiger charge is 2.17. The number of hydrogen-bond donors (Lipinski definition) is 1. The van der Waals surface area contributed by atoms with Gasteiger partial charge in [0.05, 0.1) is 11.1 Å². The van der Waals surface area contributed by atoms with Crippen LogP contribution < -0.4 is 5.32 Å². The molecule has 0 bridgehead atoms. The molecular weight excluding hydrogens is 314 g/mol. The normalized spacial score (nSPS) is 10.8. The summed E-state index contributed by atoms with van der Waals surface area (Å²) in [6, 6.07) is 9.69. The second-order valence-electron chi connectivity index (χ2n) is 5.40. The second kappa shape index (κ2) is 6.23. The molecule has 0 unspecified atom stereocenters. The molecule has 6 heteroatoms. The summed E-state index contributed by atoms with van der Waals surface area (Å²) in [6.45, 7) is 1.55. The first-order valence-corrected chi connectivity index (χ1v) is 7.30. The molecule has 4 nitrogen and oxygen atoms in total. The summed E-state index contributed by atoms with van der Waals surface area (Å²) >= 11 is 0. The van der Waals surface area contributed by atoms with Gasteiger partial charge in [0.2, 0.25) is 5.91 Å². The van der Waals surface area contributed by atoms with Gasteiger partial charge in [0.25, 0.3) is 5.91 Å². The maximum absolute atomic E-state index is 13.4. The van der Waals surface area contributed by atoms with Crippen LogP contribution in [0.5, 0.6) is 0 Å². The summed E-state index contributed by atoms with van der Waals surface area (Å²) in [4.78, 5) is 24.1. The van der Waals surface area contributed by atoms with Crippen LogP contribution in [0.4, 0.5) is 8.78 Å². The number of aromatic nitrogens is 1. The zero-order valence-electron chi connectivity index (χ0n) is 12.8. The van der Waals surface area contributed by atoms with E-state index in [2.05, 4.69) is 5.32 Å². The van der Waals surface area contributed by atoms with Crippen molar-refractivity contribution in [1.82, 2.24) is 9.88 Å². The van der Waals surface area contributed by atoms with Crippen LogP contribution in [0.1, 0.15) is 27.6 Å². The Morgan fingerprint density at radius 3 is 2.38 bits per heavy atom. The van der Waals surface area contributed by atoms with Gasteiger partial charge in [-0.2, -0.15) is 0 Å². The van der Waals surface area contributed by atoms with Gasteiger partial charge in [-0.3, -0.25) is 14.2 Å². The summed E-state index contributed by atoms with van der Waals surface area (Å²) in [5.74, 6) is -1.54. The Bertz CT molecular complexity index is 930. The Hall–Kier alpha value is -3.02. The Morgan fingerprint density at radius 2 is 1.71 bits per heavy atom. The van der Waals surface area contributed by atoms with Crippen molar-refractivity contribution in [1.29, 1.82) is 0 Å². The largest absolute Gasteiger partial charge is 0.348 e. The monoisotopic (exact) mass is 328 g/mol. The molecule has 0 fully saturated rings. The molecule has 0 radical (unpaired) electrons. The van der Waals surface area contributed by atoms with Crippen LogP contribution in [-0.2, 0) is 6.54 Å². The Kier molecular flexibility index (Phi) is 4.12. The van der Waals surface area contributed by atoms with Crippen molar-refractivity contribution in [3.63, 3.8) is 0 Å². The third-order valence-corrected chi connectivity index (χ3v) is 3.72. The fourth-order valence-electron chi connectivity index (χ4n) is 2.52. The van der Waals surface area contributed by atoms with Crippen LogP contribution in [-0.4, -0.2) is 16.4 Å². The fraction of sp³-hybridized carbons (Fsp3) is 0.111. The van der Waals surface area contributed by atoms with Crippen LogP contribution >= 0.6 is 0 Å². The third kappa shape index (κ3) is 3.03. The van der Waals surface area contributed by atoms with E-state index in [1.54, 1.807) is 12.1 Å². The quantitative estimate of drug-likeness (QED) is 0.800. The zero-order chi connectivity index (χ0) is 17.3. The number of nitrogens with zero attached hydrogens (tertiary/aromatic N) is 1. The average Bonchev–Trinajstić information content (AvgIpc) is 2.93. The first-order chi connectivity index (χ1) is 11.5.